The minimum atomic E-state index is -0.859. The number of carbonyl (C=O) groups excluding carboxylic acids is 2. The molecule has 1 aliphatic carbocycles. The van der Waals surface area contributed by atoms with Crippen molar-refractivity contribution in [1.29, 1.82) is 0 Å². The zero-order chi connectivity index (χ0) is 14.5. The highest BCUT2D eigenvalue weighted by Crippen LogP contribution is 2.48. The Morgan fingerprint density at radius 1 is 1.26 bits per heavy atom. The lowest BCUT2D eigenvalue weighted by Crippen LogP contribution is -2.34. The fraction of sp³-hybridized carbons (Fsp3) is 0.846. The standard InChI is InChI=1S/C13H21ClO5/c1-4-5-12(2,3)19-10(15)13(6-7-13)8-17-11(16)18-9-14/h4-9H2,1-3H3. The SMILES string of the molecule is CCCC(C)(C)OC(=O)C1(COC(=O)OCCl)CC1. The number of ether oxygens (including phenoxy) is 3. The first kappa shape index (κ1) is 16.1. The zero-order valence-corrected chi connectivity index (χ0v) is 12.4. The van der Waals surface area contributed by atoms with Gasteiger partial charge in [0.25, 0.3) is 0 Å². The van der Waals surface area contributed by atoms with E-state index < -0.39 is 17.2 Å². The van der Waals surface area contributed by atoms with Crippen LogP contribution >= 0.6 is 11.6 Å². The van der Waals surface area contributed by atoms with Crippen molar-refractivity contribution in [2.24, 2.45) is 5.41 Å². The Morgan fingerprint density at radius 2 is 1.89 bits per heavy atom. The maximum Gasteiger partial charge on any atom is 0.509 e. The lowest BCUT2D eigenvalue weighted by molar-refractivity contribution is -0.165. The molecule has 0 aromatic heterocycles. The molecule has 1 rings (SSSR count). The predicted molar refractivity (Wildman–Crippen MR) is 69.9 cm³/mol. The van der Waals surface area contributed by atoms with E-state index in [-0.39, 0.29) is 18.6 Å². The maximum atomic E-state index is 12.1. The molecule has 0 aromatic carbocycles. The third-order valence-electron chi connectivity index (χ3n) is 3.15. The van der Waals surface area contributed by atoms with Crippen molar-refractivity contribution in [1.82, 2.24) is 0 Å². The molecule has 0 unspecified atom stereocenters. The lowest BCUT2D eigenvalue weighted by Gasteiger charge is -2.27. The van der Waals surface area contributed by atoms with Crippen LogP contribution in [-0.2, 0) is 19.0 Å². The van der Waals surface area contributed by atoms with E-state index in [2.05, 4.69) is 4.74 Å². The molecule has 6 heteroatoms. The molecule has 0 N–H and O–H groups in total. The highest BCUT2D eigenvalue weighted by molar-refractivity contribution is 6.17. The van der Waals surface area contributed by atoms with Crippen molar-refractivity contribution in [2.75, 3.05) is 12.7 Å². The maximum absolute atomic E-state index is 12.1. The smallest absolute Gasteiger partial charge is 0.459 e. The number of hydrogen-bond donors (Lipinski definition) is 0. The van der Waals surface area contributed by atoms with E-state index in [0.717, 1.165) is 12.8 Å². The highest BCUT2D eigenvalue weighted by Gasteiger charge is 2.53. The van der Waals surface area contributed by atoms with E-state index in [1.807, 2.05) is 20.8 Å². The summed E-state index contributed by atoms with van der Waals surface area (Å²) < 4.78 is 14.8. The summed E-state index contributed by atoms with van der Waals surface area (Å²) in [6.45, 7) is 5.79. The van der Waals surface area contributed by atoms with Crippen LogP contribution in [0.15, 0.2) is 0 Å². The molecule has 5 nitrogen and oxygen atoms in total. The van der Waals surface area contributed by atoms with E-state index in [1.165, 1.54) is 0 Å². The Labute approximate surface area is 118 Å². The van der Waals surface area contributed by atoms with Crippen LogP contribution in [0.4, 0.5) is 4.79 Å². The average Bonchev–Trinajstić information content (AvgIpc) is 3.07. The van der Waals surface area contributed by atoms with E-state index in [4.69, 9.17) is 21.1 Å². The number of esters is 1. The van der Waals surface area contributed by atoms with Crippen LogP contribution in [0.3, 0.4) is 0 Å². The van der Waals surface area contributed by atoms with Crippen LogP contribution in [-0.4, -0.2) is 30.4 Å². The molecule has 0 bridgehead atoms. The summed E-state index contributed by atoms with van der Waals surface area (Å²) in [5.41, 5.74) is -1.17. The number of rotatable bonds is 7. The van der Waals surface area contributed by atoms with Crippen LogP contribution in [0.1, 0.15) is 46.5 Å². The van der Waals surface area contributed by atoms with Crippen molar-refractivity contribution < 1.29 is 23.8 Å². The number of alkyl halides is 1. The van der Waals surface area contributed by atoms with Crippen LogP contribution < -0.4 is 0 Å². The van der Waals surface area contributed by atoms with Gasteiger partial charge in [0.05, 0.1) is 0 Å². The molecule has 0 amide bonds. The van der Waals surface area contributed by atoms with E-state index in [0.29, 0.717) is 12.8 Å². The Morgan fingerprint density at radius 3 is 2.37 bits per heavy atom. The van der Waals surface area contributed by atoms with Gasteiger partial charge < -0.3 is 14.2 Å². The first-order valence-corrected chi connectivity index (χ1v) is 6.98. The van der Waals surface area contributed by atoms with Gasteiger partial charge in [-0.05, 0) is 33.1 Å². The van der Waals surface area contributed by atoms with Gasteiger partial charge >= 0.3 is 12.1 Å². The van der Waals surface area contributed by atoms with Crippen molar-refractivity contribution in [3.05, 3.63) is 0 Å². The average molecular weight is 293 g/mol. The topological polar surface area (TPSA) is 61.8 Å². The second-order valence-electron chi connectivity index (χ2n) is 5.47. The Kier molecular flexibility index (Phi) is 5.47. The zero-order valence-electron chi connectivity index (χ0n) is 11.7. The van der Waals surface area contributed by atoms with Crippen LogP contribution in [0.25, 0.3) is 0 Å². The van der Waals surface area contributed by atoms with Gasteiger partial charge in [-0.25, -0.2) is 4.79 Å². The van der Waals surface area contributed by atoms with Gasteiger partial charge in [0.2, 0.25) is 0 Å². The monoisotopic (exact) mass is 292 g/mol. The molecule has 0 heterocycles. The molecule has 110 valence electrons. The molecule has 1 fully saturated rings. The summed E-state index contributed by atoms with van der Waals surface area (Å²) in [6, 6.07) is -0.264. The first-order chi connectivity index (χ1) is 8.85. The summed E-state index contributed by atoms with van der Waals surface area (Å²) in [4.78, 5) is 23.2. The molecule has 0 atom stereocenters. The van der Waals surface area contributed by atoms with Gasteiger partial charge in [-0.15, -0.1) is 0 Å². The quantitative estimate of drug-likeness (QED) is 0.532. The van der Waals surface area contributed by atoms with E-state index in [1.54, 1.807) is 0 Å². The second-order valence-corrected chi connectivity index (χ2v) is 5.69. The molecule has 0 aromatic rings. The fourth-order valence-electron chi connectivity index (χ4n) is 1.85. The van der Waals surface area contributed by atoms with E-state index in [9.17, 15) is 9.59 Å². The van der Waals surface area contributed by atoms with Crippen molar-refractivity contribution >= 4 is 23.7 Å². The minimum Gasteiger partial charge on any atom is -0.459 e. The van der Waals surface area contributed by atoms with Gasteiger partial charge in [-0.3, -0.25) is 4.79 Å². The molecule has 1 aliphatic rings. The fourth-order valence-corrected chi connectivity index (χ4v) is 1.94. The first-order valence-electron chi connectivity index (χ1n) is 6.44. The van der Waals surface area contributed by atoms with Crippen LogP contribution in [0.5, 0.6) is 0 Å². The largest absolute Gasteiger partial charge is 0.509 e. The van der Waals surface area contributed by atoms with E-state index >= 15 is 0 Å². The normalized spacial score (nSPS) is 16.6. The van der Waals surface area contributed by atoms with Gasteiger partial charge in [0, 0.05) is 0 Å². The number of carbonyl (C=O) groups is 2. The summed E-state index contributed by atoms with van der Waals surface area (Å²) >= 11 is 5.23. The molecular weight excluding hydrogens is 272 g/mol. The number of halogens is 1. The van der Waals surface area contributed by atoms with Gasteiger partial charge in [-0.1, -0.05) is 24.9 Å². The Hall–Kier alpha value is -0.970. The van der Waals surface area contributed by atoms with Crippen LogP contribution in [0.2, 0.25) is 0 Å². The third-order valence-corrected chi connectivity index (χ3v) is 3.26. The summed E-state index contributed by atoms with van der Waals surface area (Å²) in [6.07, 6.45) is 2.21. The third kappa shape index (κ3) is 4.90. The van der Waals surface area contributed by atoms with Gasteiger partial charge in [0.1, 0.15) is 17.6 Å². The van der Waals surface area contributed by atoms with Crippen molar-refractivity contribution in [3.8, 4) is 0 Å². The Bertz CT molecular complexity index is 336. The molecule has 0 radical (unpaired) electrons. The summed E-state index contributed by atoms with van der Waals surface area (Å²) in [7, 11) is 0. The van der Waals surface area contributed by atoms with Crippen molar-refractivity contribution in [2.45, 2.75) is 52.1 Å². The second kappa shape index (κ2) is 6.46. The molecule has 0 saturated heterocycles. The van der Waals surface area contributed by atoms with Gasteiger partial charge in [-0.2, -0.15) is 0 Å². The van der Waals surface area contributed by atoms with Gasteiger partial charge in [0.15, 0.2) is 6.07 Å². The molecule has 1 saturated carbocycles. The lowest BCUT2D eigenvalue weighted by atomic mass is 10.0. The summed E-state index contributed by atoms with van der Waals surface area (Å²) in [5, 5.41) is 0. The predicted octanol–water partition coefficient (Wildman–Crippen LogP) is 3.24. The van der Waals surface area contributed by atoms with Crippen LogP contribution in [0, 0.1) is 5.41 Å². The molecule has 0 spiro atoms. The Balaban J connectivity index is 2.45. The molecular formula is C13H21ClO5. The van der Waals surface area contributed by atoms with Crippen molar-refractivity contribution in [3.63, 3.8) is 0 Å². The molecule has 19 heavy (non-hydrogen) atoms. The number of hydrogen-bond acceptors (Lipinski definition) is 5. The minimum absolute atomic E-state index is 0.0102. The molecule has 0 aliphatic heterocycles. The summed E-state index contributed by atoms with van der Waals surface area (Å²) in [5.74, 6) is -0.301. The highest BCUT2D eigenvalue weighted by atomic mass is 35.5.